The van der Waals surface area contributed by atoms with Gasteiger partial charge >= 0.3 is 6.09 Å². The summed E-state index contributed by atoms with van der Waals surface area (Å²) in [5.41, 5.74) is 4.80. The lowest BCUT2D eigenvalue weighted by Crippen LogP contribution is -2.47. The van der Waals surface area contributed by atoms with Gasteiger partial charge in [0.2, 0.25) is 10.0 Å². The molecule has 0 radical (unpaired) electrons. The molecule has 3 heterocycles. The maximum atomic E-state index is 12.9. The number of ether oxygens (including phenoxy) is 1. The fourth-order valence-corrected chi connectivity index (χ4v) is 5.42. The number of amides is 3. The number of anilines is 1. The Bertz CT molecular complexity index is 1400. The summed E-state index contributed by atoms with van der Waals surface area (Å²) in [4.78, 5) is 50.2. The number of pyridine rings is 1. The molecule has 2 aromatic rings. The molecule has 1 fully saturated rings. The molecule has 2 aliphatic heterocycles. The molecule has 2 aliphatic rings. The number of hydrogen-bond acceptors (Lipinski definition) is 8. The second-order valence-corrected chi connectivity index (χ2v) is 11.3. The Kier molecular flexibility index (Phi) is 6.39. The Hall–Kier alpha value is -3.71. The summed E-state index contributed by atoms with van der Waals surface area (Å²) in [5.74, 6) is -1.62. The zero-order chi connectivity index (χ0) is 26.4. The third-order valence-electron chi connectivity index (χ3n) is 5.83. The number of fused-ring (bicyclic) bond motifs is 1. The zero-order valence-corrected chi connectivity index (χ0v) is 20.8. The number of nitrogen functional groups attached to an aromatic ring is 1. The Balaban J connectivity index is 1.47. The number of rotatable bonds is 4. The van der Waals surface area contributed by atoms with Crippen LogP contribution in [0.5, 0.6) is 0 Å². The summed E-state index contributed by atoms with van der Waals surface area (Å²) in [5, 5.41) is 2.09. The van der Waals surface area contributed by atoms with Crippen LogP contribution in [0.3, 0.4) is 0 Å². The lowest BCUT2D eigenvalue weighted by atomic mass is 10.1. The smallest absolute Gasteiger partial charge is 0.410 e. The van der Waals surface area contributed by atoms with Gasteiger partial charge in [-0.3, -0.25) is 24.3 Å². The molecule has 0 saturated carbocycles. The lowest BCUT2D eigenvalue weighted by Gasteiger charge is -2.33. The number of nitrogens with zero attached hydrogens (tertiary/aromatic N) is 2. The van der Waals surface area contributed by atoms with Gasteiger partial charge in [-0.1, -0.05) is 0 Å². The van der Waals surface area contributed by atoms with Crippen molar-refractivity contribution in [1.82, 2.24) is 19.5 Å². The predicted molar refractivity (Wildman–Crippen MR) is 129 cm³/mol. The first-order valence-corrected chi connectivity index (χ1v) is 12.8. The fraction of sp³-hybridized carbons (Fsp3) is 0.391. The maximum absolute atomic E-state index is 12.9. The normalized spacial score (nSPS) is 16.6. The number of carbonyl (C=O) groups is 3. The lowest BCUT2D eigenvalue weighted by molar-refractivity contribution is 0.0203. The number of likely N-dealkylation sites (tertiary alicyclic amines) is 1. The highest BCUT2D eigenvalue weighted by Crippen LogP contribution is 2.24. The highest BCUT2D eigenvalue weighted by molar-refractivity contribution is 7.89. The van der Waals surface area contributed by atoms with Crippen molar-refractivity contribution in [3.05, 3.63) is 51.8 Å². The number of hydrogen-bond donors (Lipinski definition) is 3. The van der Waals surface area contributed by atoms with Crippen molar-refractivity contribution in [2.24, 2.45) is 0 Å². The van der Waals surface area contributed by atoms with Gasteiger partial charge in [0.25, 0.3) is 17.4 Å². The Morgan fingerprint density at radius 3 is 2.28 bits per heavy atom. The van der Waals surface area contributed by atoms with Gasteiger partial charge < -0.3 is 15.4 Å². The zero-order valence-electron chi connectivity index (χ0n) is 20.0. The number of nitrogens with one attached hydrogen (secondary N) is 2. The molecule has 13 heteroatoms. The van der Waals surface area contributed by atoms with E-state index in [1.54, 1.807) is 25.7 Å². The van der Waals surface area contributed by atoms with E-state index in [4.69, 9.17) is 10.5 Å². The minimum Gasteiger partial charge on any atom is -0.444 e. The van der Waals surface area contributed by atoms with Gasteiger partial charge in [-0.2, -0.15) is 0 Å². The molecule has 3 amide bonds. The largest absolute Gasteiger partial charge is 0.444 e. The van der Waals surface area contributed by atoms with E-state index in [1.165, 1.54) is 24.3 Å². The molecule has 0 aliphatic carbocycles. The minimum absolute atomic E-state index is 0.0264. The molecule has 12 nitrogen and oxygen atoms in total. The molecule has 4 rings (SSSR count). The Morgan fingerprint density at radius 2 is 1.69 bits per heavy atom. The highest BCUT2D eigenvalue weighted by Gasteiger charge is 2.32. The first-order chi connectivity index (χ1) is 16.8. The van der Waals surface area contributed by atoms with Gasteiger partial charge in [-0.05, 0) is 57.9 Å². The topological polar surface area (TPSA) is 170 Å². The molecule has 0 spiro atoms. The van der Waals surface area contributed by atoms with Crippen molar-refractivity contribution in [3.63, 3.8) is 0 Å². The average molecular weight is 518 g/mol. The van der Waals surface area contributed by atoms with E-state index in [2.05, 4.69) is 10.0 Å². The van der Waals surface area contributed by atoms with Gasteiger partial charge in [0.05, 0.1) is 21.7 Å². The second kappa shape index (κ2) is 9.06. The SMILES string of the molecule is CC(C)(C)OC(=O)N1CCC(NS(=O)(=O)c2ccc(-n3c(N)c4c(cc3=O)C(=O)NC4=O)cc2)CC1. The van der Waals surface area contributed by atoms with Gasteiger partial charge in [0.15, 0.2) is 0 Å². The number of imide groups is 1. The maximum Gasteiger partial charge on any atom is 0.410 e. The van der Waals surface area contributed by atoms with Crippen LogP contribution in [-0.2, 0) is 14.8 Å². The van der Waals surface area contributed by atoms with E-state index in [0.29, 0.717) is 25.9 Å². The van der Waals surface area contributed by atoms with Crippen molar-refractivity contribution < 1.29 is 27.5 Å². The summed E-state index contributed by atoms with van der Waals surface area (Å²) in [6.45, 7) is 6.06. The van der Waals surface area contributed by atoms with Crippen molar-refractivity contribution in [2.75, 3.05) is 18.8 Å². The molecule has 36 heavy (non-hydrogen) atoms. The van der Waals surface area contributed by atoms with Crippen LogP contribution in [0.1, 0.15) is 54.3 Å². The van der Waals surface area contributed by atoms with Crippen molar-refractivity contribution >= 4 is 33.7 Å². The van der Waals surface area contributed by atoms with Gasteiger partial charge in [-0.15, -0.1) is 0 Å². The number of nitrogens with two attached hydrogens (primary N) is 1. The molecule has 4 N–H and O–H groups in total. The molecule has 0 bridgehead atoms. The summed E-state index contributed by atoms with van der Waals surface area (Å²) >= 11 is 0. The van der Waals surface area contributed by atoms with Gasteiger partial charge in [-0.25, -0.2) is 17.9 Å². The number of piperidine rings is 1. The van der Waals surface area contributed by atoms with Crippen molar-refractivity contribution in [3.8, 4) is 5.69 Å². The van der Waals surface area contributed by atoms with Crippen LogP contribution in [0.25, 0.3) is 5.69 Å². The summed E-state index contributed by atoms with van der Waals surface area (Å²) in [6.07, 6.45) is 0.430. The number of sulfonamides is 1. The van der Waals surface area contributed by atoms with Crippen LogP contribution in [0, 0.1) is 0 Å². The summed E-state index contributed by atoms with van der Waals surface area (Å²) < 4.78 is 34.9. The van der Waals surface area contributed by atoms with Crippen LogP contribution < -0.4 is 21.3 Å². The fourth-order valence-electron chi connectivity index (χ4n) is 4.11. The van der Waals surface area contributed by atoms with E-state index in [1.807, 2.05) is 0 Å². The third-order valence-corrected chi connectivity index (χ3v) is 7.36. The number of aromatic nitrogens is 1. The summed E-state index contributed by atoms with van der Waals surface area (Å²) in [7, 11) is -3.88. The summed E-state index contributed by atoms with van der Waals surface area (Å²) in [6, 6.07) is 6.06. The molecule has 1 aromatic heterocycles. The standard InChI is InChI=1S/C23H27N5O7S/c1-23(2,3)35-22(32)27-10-8-13(9-11-27)26-36(33,34)15-6-4-14(5-7-15)28-17(29)12-16-18(19(28)24)21(31)25-20(16)30/h4-7,12-13,26H,8-11,24H2,1-3H3,(H,25,30,31). The molecular formula is C23H27N5O7S. The molecule has 192 valence electrons. The molecule has 0 atom stereocenters. The number of carbonyl (C=O) groups excluding carboxylic acids is 3. The van der Waals surface area contributed by atoms with Crippen LogP contribution in [0.15, 0.2) is 40.0 Å². The Morgan fingerprint density at radius 1 is 1.08 bits per heavy atom. The minimum atomic E-state index is -3.88. The van der Waals surface area contributed by atoms with Crippen molar-refractivity contribution in [1.29, 1.82) is 0 Å². The number of benzene rings is 1. The second-order valence-electron chi connectivity index (χ2n) is 9.63. The third kappa shape index (κ3) is 4.97. The monoisotopic (exact) mass is 517 g/mol. The van der Waals surface area contributed by atoms with Crippen molar-refractivity contribution in [2.45, 2.75) is 50.2 Å². The van der Waals surface area contributed by atoms with E-state index < -0.39 is 39.1 Å². The van der Waals surface area contributed by atoms with E-state index in [9.17, 15) is 27.6 Å². The Labute approximate surface area is 207 Å². The molecule has 1 saturated heterocycles. The molecule has 1 aromatic carbocycles. The first-order valence-electron chi connectivity index (χ1n) is 11.3. The molecular weight excluding hydrogens is 490 g/mol. The first kappa shape index (κ1) is 25.4. The van der Waals surface area contributed by atoms with Crippen LogP contribution in [-0.4, -0.2) is 60.5 Å². The van der Waals surface area contributed by atoms with Crippen LogP contribution in [0.4, 0.5) is 10.6 Å². The highest BCUT2D eigenvalue weighted by atomic mass is 32.2. The van der Waals surface area contributed by atoms with Gasteiger partial charge in [0, 0.05) is 25.2 Å². The quantitative estimate of drug-likeness (QED) is 0.504. The van der Waals surface area contributed by atoms with E-state index in [0.717, 1.165) is 10.6 Å². The van der Waals surface area contributed by atoms with E-state index in [-0.39, 0.29) is 33.6 Å². The predicted octanol–water partition coefficient (Wildman–Crippen LogP) is 0.981. The average Bonchev–Trinajstić information content (AvgIpc) is 3.06. The van der Waals surface area contributed by atoms with Crippen LogP contribution >= 0.6 is 0 Å². The molecule has 0 unspecified atom stereocenters. The van der Waals surface area contributed by atoms with Crippen LogP contribution in [0.2, 0.25) is 0 Å². The van der Waals surface area contributed by atoms with Gasteiger partial charge in [0.1, 0.15) is 11.4 Å². The van der Waals surface area contributed by atoms with E-state index >= 15 is 0 Å².